The fourth-order valence-corrected chi connectivity index (χ4v) is 3.60. The van der Waals surface area contributed by atoms with Gasteiger partial charge in [0.05, 0.1) is 18.5 Å². The Bertz CT molecular complexity index is 944. The van der Waals surface area contributed by atoms with Gasteiger partial charge in [0.25, 0.3) is 5.91 Å². The second kappa shape index (κ2) is 8.27. The van der Waals surface area contributed by atoms with Crippen molar-refractivity contribution in [1.29, 1.82) is 0 Å². The lowest BCUT2D eigenvalue weighted by Gasteiger charge is -2.32. The Balaban J connectivity index is 1.53. The summed E-state index contributed by atoms with van der Waals surface area (Å²) in [6, 6.07) is 13.8. The molecule has 0 aliphatic carbocycles. The van der Waals surface area contributed by atoms with Crippen LogP contribution in [0.15, 0.2) is 61.1 Å². The van der Waals surface area contributed by atoms with Crippen molar-refractivity contribution < 1.29 is 9.90 Å². The third-order valence-corrected chi connectivity index (χ3v) is 5.11. The first-order valence-corrected chi connectivity index (χ1v) is 9.47. The molecule has 6 heteroatoms. The van der Waals surface area contributed by atoms with Crippen LogP contribution in [-0.2, 0) is 6.61 Å². The number of carbonyl (C=O) groups excluding carboxylic acids is 1. The average Bonchev–Trinajstić information content (AvgIpc) is 2.79. The second-order valence-corrected chi connectivity index (χ2v) is 6.98. The van der Waals surface area contributed by atoms with Crippen LogP contribution >= 0.6 is 0 Å². The molecule has 1 amide bonds. The van der Waals surface area contributed by atoms with Crippen molar-refractivity contribution in [3.05, 3.63) is 78.0 Å². The number of amides is 1. The molecule has 1 aliphatic heterocycles. The number of hydrogen-bond acceptors (Lipinski definition) is 5. The van der Waals surface area contributed by atoms with E-state index in [0.717, 1.165) is 41.9 Å². The lowest BCUT2D eigenvalue weighted by molar-refractivity contribution is 0.0699. The summed E-state index contributed by atoms with van der Waals surface area (Å²) >= 11 is 0. The van der Waals surface area contributed by atoms with Crippen LogP contribution < -0.4 is 0 Å². The topological polar surface area (TPSA) is 79.2 Å². The Hall–Kier alpha value is -3.12. The summed E-state index contributed by atoms with van der Waals surface area (Å²) in [5, 5.41) is 9.21. The van der Waals surface area contributed by atoms with Crippen LogP contribution in [0.5, 0.6) is 0 Å². The van der Waals surface area contributed by atoms with Crippen molar-refractivity contribution in [3.63, 3.8) is 0 Å². The smallest absolute Gasteiger partial charge is 0.274 e. The van der Waals surface area contributed by atoms with Crippen LogP contribution in [0.25, 0.3) is 11.3 Å². The zero-order chi connectivity index (χ0) is 19.3. The fourth-order valence-electron chi connectivity index (χ4n) is 3.60. The van der Waals surface area contributed by atoms with Gasteiger partial charge in [-0.25, -0.2) is 4.98 Å². The normalized spacial score (nSPS) is 16.8. The number of rotatable bonds is 4. The molecule has 1 aromatic carbocycles. The predicted molar refractivity (Wildman–Crippen MR) is 106 cm³/mol. The number of nitrogens with zero attached hydrogens (tertiary/aromatic N) is 4. The molecular formula is C22H22N4O2. The van der Waals surface area contributed by atoms with E-state index in [-0.39, 0.29) is 18.4 Å². The van der Waals surface area contributed by atoms with Crippen LogP contribution in [0.3, 0.4) is 0 Å². The van der Waals surface area contributed by atoms with Crippen molar-refractivity contribution in [2.24, 2.45) is 0 Å². The maximum absolute atomic E-state index is 12.7. The summed E-state index contributed by atoms with van der Waals surface area (Å²) in [7, 11) is 0. The van der Waals surface area contributed by atoms with Gasteiger partial charge in [-0.3, -0.25) is 14.8 Å². The molecule has 142 valence electrons. The van der Waals surface area contributed by atoms with Gasteiger partial charge in [0.2, 0.25) is 0 Å². The number of hydrogen-bond donors (Lipinski definition) is 1. The molecule has 2 aromatic heterocycles. The number of aliphatic hydroxyl groups is 1. The van der Waals surface area contributed by atoms with Gasteiger partial charge in [-0.05, 0) is 30.5 Å². The molecule has 3 aromatic rings. The summed E-state index contributed by atoms with van der Waals surface area (Å²) in [4.78, 5) is 27.5. The SMILES string of the molecule is O=C(c1cnccn1)N1CCC[C@@H](c2cccc(-c3ccc(CO)cc3)n2)C1. The zero-order valence-corrected chi connectivity index (χ0v) is 15.5. The van der Waals surface area contributed by atoms with Crippen molar-refractivity contribution in [2.45, 2.75) is 25.4 Å². The molecular weight excluding hydrogens is 352 g/mol. The highest BCUT2D eigenvalue weighted by molar-refractivity contribution is 5.92. The highest BCUT2D eigenvalue weighted by Crippen LogP contribution is 2.28. The van der Waals surface area contributed by atoms with E-state index in [0.29, 0.717) is 12.2 Å². The second-order valence-electron chi connectivity index (χ2n) is 6.98. The summed E-state index contributed by atoms with van der Waals surface area (Å²) in [6.45, 7) is 1.40. The molecule has 3 heterocycles. The number of piperidine rings is 1. The first-order valence-electron chi connectivity index (χ1n) is 9.47. The van der Waals surface area contributed by atoms with Crippen molar-refractivity contribution in [2.75, 3.05) is 13.1 Å². The van der Waals surface area contributed by atoms with Crippen molar-refractivity contribution >= 4 is 5.91 Å². The first-order chi connectivity index (χ1) is 13.7. The number of pyridine rings is 1. The van der Waals surface area contributed by atoms with E-state index < -0.39 is 0 Å². The lowest BCUT2D eigenvalue weighted by atomic mass is 9.93. The third-order valence-electron chi connectivity index (χ3n) is 5.11. The molecule has 4 rings (SSSR count). The lowest BCUT2D eigenvalue weighted by Crippen LogP contribution is -2.39. The third kappa shape index (κ3) is 3.92. The van der Waals surface area contributed by atoms with Gasteiger partial charge >= 0.3 is 0 Å². The Morgan fingerprint density at radius 1 is 1.14 bits per heavy atom. The highest BCUT2D eigenvalue weighted by atomic mass is 16.3. The van der Waals surface area contributed by atoms with E-state index in [1.54, 1.807) is 12.4 Å². The Kier molecular flexibility index (Phi) is 5.39. The zero-order valence-electron chi connectivity index (χ0n) is 15.5. The van der Waals surface area contributed by atoms with E-state index in [9.17, 15) is 9.90 Å². The molecule has 1 saturated heterocycles. The summed E-state index contributed by atoms with van der Waals surface area (Å²) in [6.07, 6.45) is 6.57. The van der Waals surface area contributed by atoms with E-state index in [1.807, 2.05) is 47.4 Å². The molecule has 1 fully saturated rings. The minimum atomic E-state index is -0.0754. The number of aliphatic hydroxyl groups excluding tert-OH is 1. The first kappa shape index (κ1) is 18.3. The summed E-state index contributed by atoms with van der Waals surface area (Å²) in [5.74, 6) is 0.125. The molecule has 0 spiro atoms. The van der Waals surface area contributed by atoms with Gasteiger partial charge in [0, 0.05) is 42.7 Å². The minimum absolute atomic E-state index is 0.0332. The van der Waals surface area contributed by atoms with Crippen molar-refractivity contribution in [3.8, 4) is 11.3 Å². The largest absolute Gasteiger partial charge is 0.392 e. The maximum Gasteiger partial charge on any atom is 0.274 e. The highest BCUT2D eigenvalue weighted by Gasteiger charge is 2.27. The van der Waals surface area contributed by atoms with Gasteiger partial charge in [0.1, 0.15) is 5.69 Å². The van der Waals surface area contributed by atoms with Gasteiger partial charge in [-0.2, -0.15) is 0 Å². The summed E-state index contributed by atoms with van der Waals surface area (Å²) in [5.41, 5.74) is 4.18. The Labute approximate surface area is 163 Å². The Morgan fingerprint density at radius 2 is 2.00 bits per heavy atom. The molecule has 0 unspecified atom stereocenters. The number of likely N-dealkylation sites (tertiary alicyclic amines) is 1. The monoisotopic (exact) mass is 374 g/mol. The number of carbonyl (C=O) groups is 1. The molecule has 0 saturated carbocycles. The molecule has 6 nitrogen and oxygen atoms in total. The van der Waals surface area contributed by atoms with E-state index in [4.69, 9.17) is 4.98 Å². The standard InChI is InChI=1S/C22H22N4O2/c27-15-16-6-8-17(9-7-16)19-4-1-5-20(25-19)18-3-2-12-26(14-18)22(28)21-13-23-10-11-24-21/h1,4-11,13,18,27H,2-3,12,14-15H2/t18-/m1/s1. The van der Waals surface area contributed by atoms with Gasteiger partial charge in [-0.1, -0.05) is 30.3 Å². The minimum Gasteiger partial charge on any atom is -0.392 e. The van der Waals surface area contributed by atoms with Crippen LogP contribution in [0.1, 0.15) is 40.5 Å². The van der Waals surface area contributed by atoms with E-state index >= 15 is 0 Å². The van der Waals surface area contributed by atoms with Crippen LogP contribution in [-0.4, -0.2) is 44.0 Å². The Morgan fingerprint density at radius 3 is 2.75 bits per heavy atom. The number of benzene rings is 1. The molecule has 28 heavy (non-hydrogen) atoms. The quantitative estimate of drug-likeness (QED) is 0.759. The fraction of sp³-hybridized carbons (Fsp3) is 0.273. The van der Waals surface area contributed by atoms with Gasteiger partial charge in [-0.15, -0.1) is 0 Å². The number of aromatic nitrogens is 3. The van der Waals surface area contributed by atoms with Crippen molar-refractivity contribution in [1.82, 2.24) is 19.9 Å². The van der Waals surface area contributed by atoms with Gasteiger partial charge in [0.15, 0.2) is 0 Å². The van der Waals surface area contributed by atoms with Crippen LogP contribution in [0.2, 0.25) is 0 Å². The van der Waals surface area contributed by atoms with Gasteiger partial charge < -0.3 is 10.0 Å². The van der Waals surface area contributed by atoms with E-state index in [2.05, 4.69) is 9.97 Å². The molecule has 1 aliphatic rings. The molecule has 0 bridgehead atoms. The van der Waals surface area contributed by atoms with E-state index in [1.165, 1.54) is 6.20 Å². The average molecular weight is 374 g/mol. The predicted octanol–water partition coefficient (Wildman–Crippen LogP) is 3.05. The van der Waals surface area contributed by atoms with Crippen LogP contribution in [0.4, 0.5) is 0 Å². The summed E-state index contributed by atoms with van der Waals surface area (Å²) < 4.78 is 0. The maximum atomic E-state index is 12.7. The molecule has 1 atom stereocenters. The molecule has 1 N–H and O–H groups in total. The van der Waals surface area contributed by atoms with Crippen LogP contribution in [0, 0.1) is 0 Å². The molecule has 0 radical (unpaired) electrons.